The third-order valence-corrected chi connectivity index (χ3v) is 3.55. The molecule has 0 aliphatic rings. The van der Waals surface area contributed by atoms with Crippen LogP contribution in [0.5, 0.6) is 5.75 Å². The summed E-state index contributed by atoms with van der Waals surface area (Å²) < 4.78 is 6.99. The number of nitrogens with zero attached hydrogens (tertiary/aromatic N) is 4. The lowest BCUT2D eigenvalue weighted by molar-refractivity contribution is 0.279. The maximum Gasteiger partial charge on any atom is 0.182 e. The molecule has 0 bridgehead atoms. The molecule has 6 heteroatoms. The van der Waals surface area contributed by atoms with Gasteiger partial charge in [0.1, 0.15) is 5.75 Å². The molecule has 1 aromatic heterocycles. The molecular weight excluding hydrogens is 254 g/mol. The van der Waals surface area contributed by atoms with Crippen LogP contribution >= 0.6 is 0 Å². The van der Waals surface area contributed by atoms with Crippen LogP contribution in [-0.4, -0.2) is 27.3 Å². The zero-order valence-corrected chi connectivity index (χ0v) is 12.4. The third kappa shape index (κ3) is 2.89. The van der Waals surface area contributed by atoms with Crippen LogP contribution in [0.1, 0.15) is 27.2 Å². The van der Waals surface area contributed by atoms with E-state index >= 15 is 0 Å². The van der Waals surface area contributed by atoms with E-state index in [1.165, 1.54) is 0 Å². The van der Waals surface area contributed by atoms with E-state index < -0.39 is 0 Å². The van der Waals surface area contributed by atoms with Crippen molar-refractivity contribution in [1.29, 1.82) is 0 Å². The molecule has 0 radical (unpaired) electrons. The van der Waals surface area contributed by atoms with Crippen LogP contribution in [0, 0.1) is 5.41 Å². The van der Waals surface area contributed by atoms with Gasteiger partial charge < -0.3 is 10.5 Å². The second-order valence-corrected chi connectivity index (χ2v) is 5.63. The third-order valence-electron chi connectivity index (χ3n) is 3.55. The van der Waals surface area contributed by atoms with E-state index in [1.54, 1.807) is 7.11 Å². The van der Waals surface area contributed by atoms with Gasteiger partial charge in [0, 0.05) is 5.56 Å². The maximum absolute atomic E-state index is 5.94. The smallest absolute Gasteiger partial charge is 0.182 e. The van der Waals surface area contributed by atoms with Gasteiger partial charge in [-0.3, -0.25) is 0 Å². The number of nitrogens with two attached hydrogens (primary N) is 1. The zero-order valence-electron chi connectivity index (χ0n) is 12.4. The summed E-state index contributed by atoms with van der Waals surface area (Å²) >= 11 is 0. The first-order valence-electron chi connectivity index (χ1n) is 6.67. The van der Waals surface area contributed by atoms with Gasteiger partial charge in [0.2, 0.25) is 0 Å². The largest absolute Gasteiger partial charge is 0.495 e. The van der Waals surface area contributed by atoms with Crippen LogP contribution in [0.15, 0.2) is 18.2 Å². The average Bonchev–Trinajstić information content (AvgIpc) is 2.86. The van der Waals surface area contributed by atoms with Crippen molar-refractivity contribution in [2.24, 2.45) is 5.41 Å². The predicted molar refractivity (Wildman–Crippen MR) is 78.3 cm³/mol. The highest BCUT2D eigenvalue weighted by molar-refractivity contribution is 5.66. The number of hydrogen-bond acceptors (Lipinski definition) is 5. The fraction of sp³-hybridized carbons (Fsp3) is 0.500. The number of methoxy groups -OCH3 is 1. The molecule has 2 rings (SSSR count). The second-order valence-electron chi connectivity index (χ2n) is 5.63. The summed E-state index contributed by atoms with van der Waals surface area (Å²) in [6, 6.07) is 5.57. The second kappa shape index (κ2) is 5.48. The molecule has 0 amide bonds. The molecule has 108 valence electrons. The van der Waals surface area contributed by atoms with Crippen molar-refractivity contribution in [3.63, 3.8) is 0 Å². The molecule has 2 N–H and O–H groups in total. The van der Waals surface area contributed by atoms with Crippen LogP contribution in [0.4, 0.5) is 5.69 Å². The molecule has 0 unspecified atom stereocenters. The fourth-order valence-corrected chi connectivity index (χ4v) is 1.91. The number of benzene rings is 1. The number of anilines is 1. The first-order valence-corrected chi connectivity index (χ1v) is 6.67. The van der Waals surface area contributed by atoms with E-state index in [-0.39, 0.29) is 5.41 Å². The lowest BCUT2D eigenvalue weighted by atomic mass is 9.90. The number of rotatable bonds is 5. The van der Waals surface area contributed by atoms with Crippen LogP contribution in [-0.2, 0) is 6.54 Å². The minimum atomic E-state index is 0.141. The highest BCUT2D eigenvalue weighted by atomic mass is 16.5. The number of hydrogen-bond donors (Lipinski definition) is 1. The van der Waals surface area contributed by atoms with Crippen LogP contribution in [0.25, 0.3) is 11.4 Å². The van der Waals surface area contributed by atoms with Gasteiger partial charge >= 0.3 is 0 Å². The first-order chi connectivity index (χ1) is 9.46. The van der Waals surface area contributed by atoms with Crippen molar-refractivity contribution < 1.29 is 4.74 Å². The van der Waals surface area contributed by atoms with Crippen LogP contribution < -0.4 is 10.5 Å². The monoisotopic (exact) mass is 275 g/mol. The normalized spacial score (nSPS) is 11.6. The maximum atomic E-state index is 5.94. The molecule has 1 aromatic carbocycles. The Morgan fingerprint density at radius 2 is 2.10 bits per heavy atom. The van der Waals surface area contributed by atoms with Gasteiger partial charge in [0.15, 0.2) is 5.82 Å². The van der Waals surface area contributed by atoms with Crippen molar-refractivity contribution in [3.05, 3.63) is 18.2 Å². The topological polar surface area (TPSA) is 78.8 Å². The summed E-state index contributed by atoms with van der Waals surface area (Å²) in [5.74, 6) is 1.38. The molecule has 0 aliphatic heterocycles. The summed E-state index contributed by atoms with van der Waals surface area (Å²) in [6.45, 7) is 7.31. The molecule has 0 saturated carbocycles. The van der Waals surface area contributed by atoms with Crippen LogP contribution in [0.2, 0.25) is 0 Å². The summed E-state index contributed by atoms with van der Waals surface area (Å²) in [4.78, 5) is 0. The Labute approximate surface area is 118 Å². The van der Waals surface area contributed by atoms with E-state index in [0.717, 1.165) is 24.4 Å². The highest BCUT2D eigenvalue weighted by Crippen LogP contribution is 2.29. The molecule has 20 heavy (non-hydrogen) atoms. The minimum Gasteiger partial charge on any atom is -0.495 e. The van der Waals surface area contributed by atoms with Gasteiger partial charge in [-0.05, 0) is 40.5 Å². The zero-order chi connectivity index (χ0) is 14.8. The molecule has 6 nitrogen and oxygen atoms in total. The minimum absolute atomic E-state index is 0.141. The van der Waals surface area contributed by atoms with Gasteiger partial charge in [-0.1, -0.05) is 20.8 Å². The Kier molecular flexibility index (Phi) is 3.92. The Hall–Kier alpha value is -2.11. The van der Waals surface area contributed by atoms with Crippen molar-refractivity contribution in [2.75, 3.05) is 12.8 Å². The standard InChI is InChI=1S/C14H21N5O/c1-5-14(2,3)9-19-13(16-17-18-19)10-6-7-12(20-4)11(15)8-10/h6-8H,5,9,15H2,1-4H3. The summed E-state index contributed by atoms with van der Waals surface area (Å²) in [5.41, 5.74) is 7.55. The SMILES string of the molecule is CCC(C)(C)Cn1nnnc1-c1ccc(OC)c(N)c1. The lowest BCUT2D eigenvalue weighted by Gasteiger charge is -2.22. The number of tetrazole rings is 1. The Bertz CT molecular complexity index is 591. The van der Waals surface area contributed by atoms with Gasteiger partial charge in [-0.25, -0.2) is 4.68 Å². The van der Waals surface area contributed by atoms with Crippen molar-refractivity contribution in [2.45, 2.75) is 33.7 Å². The van der Waals surface area contributed by atoms with Gasteiger partial charge in [0.05, 0.1) is 19.3 Å². The molecule has 2 aromatic rings. The Morgan fingerprint density at radius 3 is 2.70 bits per heavy atom. The van der Waals surface area contributed by atoms with Crippen molar-refractivity contribution in [1.82, 2.24) is 20.2 Å². The number of nitrogen functional groups attached to an aromatic ring is 1. The summed E-state index contributed by atoms with van der Waals surface area (Å²) in [7, 11) is 1.60. The summed E-state index contributed by atoms with van der Waals surface area (Å²) in [6.07, 6.45) is 1.05. The quantitative estimate of drug-likeness (QED) is 0.847. The lowest BCUT2D eigenvalue weighted by Crippen LogP contribution is -2.20. The number of aromatic nitrogens is 4. The molecule has 0 aliphatic carbocycles. The Balaban J connectivity index is 2.35. The van der Waals surface area contributed by atoms with E-state index in [0.29, 0.717) is 11.4 Å². The molecular formula is C14H21N5O. The van der Waals surface area contributed by atoms with Gasteiger partial charge in [-0.2, -0.15) is 0 Å². The molecule has 1 heterocycles. The number of ether oxygens (including phenoxy) is 1. The Morgan fingerprint density at radius 1 is 1.35 bits per heavy atom. The van der Waals surface area contributed by atoms with E-state index in [2.05, 4.69) is 36.3 Å². The first kappa shape index (κ1) is 14.3. The van der Waals surface area contributed by atoms with Crippen LogP contribution in [0.3, 0.4) is 0 Å². The molecule has 0 spiro atoms. The van der Waals surface area contributed by atoms with E-state index in [9.17, 15) is 0 Å². The molecule has 0 atom stereocenters. The fourth-order valence-electron chi connectivity index (χ4n) is 1.91. The van der Waals surface area contributed by atoms with Crippen molar-refractivity contribution >= 4 is 5.69 Å². The average molecular weight is 275 g/mol. The molecule has 0 saturated heterocycles. The van der Waals surface area contributed by atoms with Gasteiger partial charge in [0.25, 0.3) is 0 Å². The molecule has 0 fully saturated rings. The van der Waals surface area contributed by atoms with E-state index in [4.69, 9.17) is 10.5 Å². The summed E-state index contributed by atoms with van der Waals surface area (Å²) in [5, 5.41) is 12.0. The highest BCUT2D eigenvalue weighted by Gasteiger charge is 2.20. The predicted octanol–water partition coefficient (Wildman–Crippen LogP) is 2.37. The van der Waals surface area contributed by atoms with Gasteiger partial charge in [-0.15, -0.1) is 5.10 Å². The van der Waals surface area contributed by atoms with Crippen molar-refractivity contribution in [3.8, 4) is 17.1 Å². The van der Waals surface area contributed by atoms with E-state index in [1.807, 2.05) is 22.9 Å².